The Hall–Kier alpha value is -1.78. The Kier molecular flexibility index (Phi) is 4.40. The highest BCUT2D eigenvalue weighted by atomic mass is 16.5. The molecule has 0 amide bonds. The molecule has 3 N–H and O–H groups in total. The first-order valence-electron chi connectivity index (χ1n) is 4.88. The predicted molar refractivity (Wildman–Crippen MR) is 60.9 cm³/mol. The number of nitrogen functional groups attached to an aromatic ring is 1. The van der Waals surface area contributed by atoms with Gasteiger partial charge in [-0.1, -0.05) is 12.2 Å². The molecular weight excluding hydrogens is 192 g/mol. The number of allylic oxidation sites excluding steroid dienone is 1. The lowest BCUT2D eigenvalue weighted by atomic mass is 10.5. The molecule has 0 bridgehead atoms. The Balaban J connectivity index is 2.70. The third-order valence-corrected chi connectivity index (χ3v) is 1.64. The molecule has 0 spiro atoms. The predicted octanol–water partition coefficient (Wildman–Crippen LogP) is 1.45. The van der Waals surface area contributed by atoms with Crippen molar-refractivity contribution in [3.63, 3.8) is 0 Å². The van der Waals surface area contributed by atoms with E-state index in [0.717, 1.165) is 6.54 Å². The van der Waals surface area contributed by atoms with Crippen LogP contribution in [0.2, 0.25) is 0 Å². The minimum Gasteiger partial charge on any atom is -0.473 e. The zero-order chi connectivity index (χ0) is 11.1. The van der Waals surface area contributed by atoms with Crippen molar-refractivity contribution in [1.82, 2.24) is 9.97 Å². The van der Waals surface area contributed by atoms with Crippen LogP contribution in [0.15, 0.2) is 18.2 Å². The fourth-order valence-corrected chi connectivity index (χ4v) is 1.02. The molecule has 0 saturated heterocycles. The summed E-state index contributed by atoms with van der Waals surface area (Å²) in [5.41, 5.74) is 5.53. The number of anilines is 2. The second-order valence-electron chi connectivity index (χ2n) is 2.86. The summed E-state index contributed by atoms with van der Waals surface area (Å²) in [6, 6.07) is 1.73. The van der Waals surface area contributed by atoms with Crippen molar-refractivity contribution < 1.29 is 4.74 Å². The fraction of sp³-hybridized carbons (Fsp3) is 0.400. The second-order valence-corrected chi connectivity index (χ2v) is 2.86. The van der Waals surface area contributed by atoms with E-state index in [-0.39, 0.29) is 5.95 Å². The van der Waals surface area contributed by atoms with Crippen LogP contribution in [0, 0.1) is 0 Å². The fourth-order valence-electron chi connectivity index (χ4n) is 1.02. The summed E-state index contributed by atoms with van der Waals surface area (Å²) in [6.07, 6.45) is 3.81. The molecule has 0 aliphatic heterocycles. The minimum absolute atomic E-state index is 0.212. The zero-order valence-electron chi connectivity index (χ0n) is 9.03. The summed E-state index contributed by atoms with van der Waals surface area (Å²) < 4.78 is 5.36. The molecule has 82 valence electrons. The van der Waals surface area contributed by atoms with Gasteiger partial charge in [-0.15, -0.1) is 0 Å². The molecule has 5 heteroatoms. The van der Waals surface area contributed by atoms with Crippen LogP contribution in [-0.4, -0.2) is 23.1 Å². The van der Waals surface area contributed by atoms with Crippen LogP contribution in [0.25, 0.3) is 0 Å². The maximum atomic E-state index is 5.53. The van der Waals surface area contributed by atoms with E-state index in [1.807, 2.05) is 26.0 Å². The zero-order valence-corrected chi connectivity index (χ0v) is 9.03. The van der Waals surface area contributed by atoms with E-state index in [9.17, 15) is 0 Å². The number of hydrogen-bond donors (Lipinski definition) is 2. The smallest absolute Gasteiger partial charge is 0.225 e. The van der Waals surface area contributed by atoms with Gasteiger partial charge in [-0.25, -0.2) is 0 Å². The van der Waals surface area contributed by atoms with Crippen LogP contribution in [0.1, 0.15) is 13.8 Å². The first-order chi connectivity index (χ1) is 7.26. The Bertz CT molecular complexity index is 338. The highest BCUT2D eigenvalue weighted by Gasteiger charge is 2.01. The van der Waals surface area contributed by atoms with E-state index in [1.54, 1.807) is 6.07 Å². The third kappa shape index (κ3) is 3.84. The SMILES string of the molecule is C/C=C/COc1cc(NCC)nc(N)n1. The largest absolute Gasteiger partial charge is 0.473 e. The van der Waals surface area contributed by atoms with E-state index in [1.165, 1.54) is 0 Å². The van der Waals surface area contributed by atoms with Gasteiger partial charge in [0, 0.05) is 12.6 Å². The number of nitrogens with one attached hydrogen (secondary N) is 1. The normalized spacial score (nSPS) is 10.5. The van der Waals surface area contributed by atoms with Gasteiger partial charge in [-0.05, 0) is 13.8 Å². The van der Waals surface area contributed by atoms with Crippen molar-refractivity contribution >= 4 is 11.8 Å². The summed E-state index contributed by atoms with van der Waals surface area (Å²) in [6.45, 7) is 5.18. The Labute approximate surface area is 89.4 Å². The van der Waals surface area contributed by atoms with Gasteiger partial charge in [0.1, 0.15) is 12.4 Å². The number of nitrogens with zero attached hydrogens (tertiary/aromatic N) is 2. The Morgan fingerprint density at radius 1 is 1.53 bits per heavy atom. The summed E-state index contributed by atoms with van der Waals surface area (Å²) in [4.78, 5) is 7.97. The van der Waals surface area contributed by atoms with E-state index >= 15 is 0 Å². The first kappa shape index (κ1) is 11.3. The van der Waals surface area contributed by atoms with Crippen LogP contribution in [0.3, 0.4) is 0 Å². The lowest BCUT2D eigenvalue weighted by molar-refractivity contribution is 0.348. The molecule has 1 heterocycles. The molecule has 1 rings (SSSR count). The number of rotatable bonds is 5. The number of nitrogens with two attached hydrogens (primary N) is 1. The van der Waals surface area contributed by atoms with Crippen LogP contribution in [-0.2, 0) is 0 Å². The van der Waals surface area contributed by atoms with Crippen molar-refractivity contribution in [3.05, 3.63) is 18.2 Å². The lowest BCUT2D eigenvalue weighted by Crippen LogP contribution is -2.05. The molecule has 1 aromatic heterocycles. The number of aromatic nitrogens is 2. The molecule has 15 heavy (non-hydrogen) atoms. The van der Waals surface area contributed by atoms with Crippen LogP contribution in [0.4, 0.5) is 11.8 Å². The molecule has 0 saturated carbocycles. The lowest BCUT2D eigenvalue weighted by Gasteiger charge is -2.06. The van der Waals surface area contributed by atoms with E-state index < -0.39 is 0 Å². The van der Waals surface area contributed by atoms with Gasteiger partial charge in [0.15, 0.2) is 0 Å². The average molecular weight is 208 g/mol. The van der Waals surface area contributed by atoms with Gasteiger partial charge >= 0.3 is 0 Å². The van der Waals surface area contributed by atoms with Crippen LogP contribution >= 0.6 is 0 Å². The number of hydrogen-bond acceptors (Lipinski definition) is 5. The maximum Gasteiger partial charge on any atom is 0.225 e. The molecule has 0 atom stereocenters. The standard InChI is InChI=1S/C10H16N4O/c1-3-5-6-15-9-7-8(12-4-2)13-10(11)14-9/h3,5,7H,4,6H2,1-2H3,(H3,11,12,13,14)/b5-3+. The third-order valence-electron chi connectivity index (χ3n) is 1.64. The van der Waals surface area contributed by atoms with E-state index in [4.69, 9.17) is 10.5 Å². The maximum absolute atomic E-state index is 5.53. The number of ether oxygens (including phenoxy) is 1. The summed E-state index contributed by atoms with van der Waals surface area (Å²) >= 11 is 0. The van der Waals surface area contributed by atoms with Crippen molar-refractivity contribution in [2.45, 2.75) is 13.8 Å². The van der Waals surface area contributed by atoms with Crippen molar-refractivity contribution in [2.75, 3.05) is 24.2 Å². The van der Waals surface area contributed by atoms with Crippen molar-refractivity contribution in [2.24, 2.45) is 0 Å². The van der Waals surface area contributed by atoms with Gasteiger partial charge < -0.3 is 15.8 Å². The molecule has 0 aliphatic rings. The average Bonchev–Trinajstić information content (AvgIpc) is 2.18. The molecule has 5 nitrogen and oxygen atoms in total. The van der Waals surface area contributed by atoms with Gasteiger partial charge in [0.05, 0.1) is 0 Å². The van der Waals surface area contributed by atoms with E-state index in [0.29, 0.717) is 18.3 Å². The monoisotopic (exact) mass is 208 g/mol. The Morgan fingerprint density at radius 3 is 3.00 bits per heavy atom. The van der Waals surface area contributed by atoms with Crippen molar-refractivity contribution in [3.8, 4) is 5.88 Å². The second kappa shape index (κ2) is 5.85. The first-order valence-corrected chi connectivity index (χ1v) is 4.88. The molecule has 0 aliphatic carbocycles. The van der Waals surface area contributed by atoms with E-state index in [2.05, 4.69) is 15.3 Å². The van der Waals surface area contributed by atoms with Gasteiger partial charge in [-0.3, -0.25) is 0 Å². The van der Waals surface area contributed by atoms with Crippen LogP contribution in [0.5, 0.6) is 5.88 Å². The highest BCUT2D eigenvalue weighted by Crippen LogP contribution is 2.14. The summed E-state index contributed by atoms with van der Waals surface area (Å²) in [5.74, 6) is 1.38. The van der Waals surface area contributed by atoms with Gasteiger partial charge in [0.25, 0.3) is 0 Å². The molecule has 0 unspecified atom stereocenters. The minimum atomic E-state index is 0.212. The van der Waals surface area contributed by atoms with Crippen LogP contribution < -0.4 is 15.8 Å². The van der Waals surface area contributed by atoms with Gasteiger partial charge in [-0.2, -0.15) is 9.97 Å². The molecular formula is C10H16N4O. The quantitative estimate of drug-likeness (QED) is 0.716. The van der Waals surface area contributed by atoms with Crippen molar-refractivity contribution in [1.29, 1.82) is 0 Å². The molecule has 1 aromatic rings. The highest BCUT2D eigenvalue weighted by molar-refractivity contribution is 5.42. The molecule has 0 fully saturated rings. The topological polar surface area (TPSA) is 73.1 Å². The summed E-state index contributed by atoms with van der Waals surface area (Å²) in [7, 11) is 0. The Morgan fingerprint density at radius 2 is 2.33 bits per heavy atom. The molecule has 0 aromatic carbocycles. The molecule has 0 radical (unpaired) electrons. The van der Waals surface area contributed by atoms with Gasteiger partial charge in [0.2, 0.25) is 11.8 Å². The summed E-state index contributed by atoms with van der Waals surface area (Å²) in [5, 5.41) is 3.05.